The van der Waals surface area contributed by atoms with Crippen molar-refractivity contribution in [2.24, 2.45) is 11.8 Å². The van der Waals surface area contributed by atoms with Crippen LogP contribution in [0.25, 0.3) is 0 Å². The summed E-state index contributed by atoms with van der Waals surface area (Å²) in [5.41, 5.74) is 0.973. The van der Waals surface area contributed by atoms with Gasteiger partial charge in [0.2, 0.25) is 17.7 Å². The molecule has 2 aromatic rings. The topological polar surface area (TPSA) is 200 Å². The van der Waals surface area contributed by atoms with Gasteiger partial charge in [0.15, 0.2) is 0 Å². The van der Waals surface area contributed by atoms with Crippen molar-refractivity contribution in [2.45, 2.75) is 90.6 Å². The molecule has 3 rings (SSSR count). The van der Waals surface area contributed by atoms with E-state index in [2.05, 4.69) is 21.3 Å². The summed E-state index contributed by atoms with van der Waals surface area (Å²) in [7, 11) is 0. The summed E-state index contributed by atoms with van der Waals surface area (Å²) >= 11 is 0. The third-order valence-corrected chi connectivity index (χ3v) is 8.66. The lowest BCUT2D eigenvalue weighted by Gasteiger charge is -2.32. The highest BCUT2D eigenvalue weighted by atomic mass is 16.5. The minimum absolute atomic E-state index is 0.00582. The summed E-state index contributed by atoms with van der Waals surface area (Å²) in [6.45, 7) is 7.80. The number of hydrogen-bond donors (Lipinski definition) is 5. The minimum Gasteiger partial charge on any atom is -0.478 e. The average Bonchev–Trinajstić information content (AvgIpc) is 3.61. The van der Waals surface area contributed by atoms with Crippen LogP contribution < -0.4 is 21.3 Å². The van der Waals surface area contributed by atoms with Crippen LogP contribution in [0.4, 0.5) is 4.79 Å². The molecule has 14 heteroatoms. The number of unbranched alkanes of at least 4 members (excludes halogenated alkanes) is 1. The number of aldehydes is 1. The summed E-state index contributed by atoms with van der Waals surface area (Å²) < 4.78 is 5.22. The SMILES string of the molecule is CC(C)[C@H](NC(=O)[C@H](CCCCNC(=O)OCc1ccccc1)NC(=O)c1ccc(C(=O)O)cc1)C(=O)N1CCC[C@H]1C(=O)N[C@H](C=O)C(C)C. The number of likely N-dealkylation sites (tertiary alicyclic amines) is 1. The van der Waals surface area contributed by atoms with Crippen molar-refractivity contribution >= 4 is 42.0 Å². The second-order valence-corrected chi connectivity index (χ2v) is 13.2. The van der Waals surface area contributed by atoms with E-state index in [-0.39, 0.29) is 42.5 Å². The first-order valence-corrected chi connectivity index (χ1v) is 17.3. The monoisotopic (exact) mass is 707 g/mol. The number of nitrogens with zero attached hydrogens (tertiary/aromatic N) is 1. The van der Waals surface area contributed by atoms with Gasteiger partial charge >= 0.3 is 12.1 Å². The van der Waals surface area contributed by atoms with Crippen LogP contribution in [-0.2, 0) is 30.5 Å². The normalized spacial score (nSPS) is 15.7. The van der Waals surface area contributed by atoms with Gasteiger partial charge < -0.3 is 40.8 Å². The highest BCUT2D eigenvalue weighted by Crippen LogP contribution is 2.21. The van der Waals surface area contributed by atoms with Gasteiger partial charge in [0.25, 0.3) is 5.91 Å². The Labute approximate surface area is 298 Å². The number of carbonyl (C=O) groups is 7. The van der Waals surface area contributed by atoms with Crippen LogP contribution in [-0.4, -0.2) is 89.2 Å². The molecule has 0 spiro atoms. The van der Waals surface area contributed by atoms with Crippen molar-refractivity contribution in [2.75, 3.05) is 13.1 Å². The van der Waals surface area contributed by atoms with E-state index in [1.807, 2.05) is 30.3 Å². The number of rotatable bonds is 18. The quantitative estimate of drug-likeness (QED) is 0.114. The fourth-order valence-corrected chi connectivity index (χ4v) is 5.58. The van der Waals surface area contributed by atoms with E-state index in [1.165, 1.54) is 29.2 Å². The summed E-state index contributed by atoms with van der Waals surface area (Å²) in [5, 5.41) is 20.1. The molecule has 5 amide bonds. The first kappa shape index (κ1) is 40.2. The molecule has 4 atom stereocenters. The van der Waals surface area contributed by atoms with Gasteiger partial charge in [-0.2, -0.15) is 0 Å². The van der Waals surface area contributed by atoms with Crippen molar-refractivity contribution in [3.8, 4) is 0 Å². The number of alkyl carbamates (subject to hydrolysis) is 1. The Morgan fingerprint density at radius 1 is 0.882 bits per heavy atom. The van der Waals surface area contributed by atoms with Crippen molar-refractivity contribution in [1.29, 1.82) is 0 Å². The summed E-state index contributed by atoms with van der Waals surface area (Å²) in [5.74, 6) is -3.78. The van der Waals surface area contributed by atoms with E-state index in [0.717, 1.165) is 5.56 Å². The lowest BCUT2D eigenvalue weighted by Crippen LogP contribution is -2.58. The third kappa shape index (κ3) is 12.2. The Kier molecular flexibility index (Phi) is 15.6. The van der Waals surface area contributed by atoms with E-state index < -0.39 is 59.9 Å². The van der Waals surface area contributed by atoms with Crippen LogP contribution in [0.2, 0.25) is 0 Å². The van der Waals surface area contributed by atoms with Crippen molar-refractivity contribution < 1.29 is 43.4 Å². The Bertz CT molecular complexity index is 1510. The molecule has 0 unspecified atom stereocenters. The highest BCUT2D eigenvalue weighted by Gasteiger charge is 2.40. The molecule has 1 saturated heterocycles. The first-order chi connectivity index (χ1) is 24.3. The van der Waals surface area contributed by atoms with Crippen molar-refractivity contribution in [1.82, 2.24) is 26.2 Å². The molecule has 0 aliphatic carbocycles. The summed E-state index contributed by atoms with van der Waals surface area (Å²) in [6, 6.07) is 10.8. The number of carboxylic acid groups (broad SMARTS) is 1. The number of carboxylic acids is 1. The fraction of sp³-hybridized carbons (Fsp3) is 0.486. The molecule has 1 aliphatic heterocycles. The van der Waals surface area contributed by atoms with Gasteiger partial charge in [0, 0.05) is 18.7 Å². The smallest absolute Gasteiger partial charge is 0.407 e. The Morgan fingerprint density at radius 2 is 1.55 bits per heavy atom. The molecular formula is C37H49N5O9. The van der Waals surface area contributed by atoms with Gasteiger partial charge in [-0.15, -0.1) is 0 Å². The van der Waals surface area contributed by atoms with Gasteiger partial charge in [-0.3, -0.25) is 19.2 Å². The van der Waals surface area contributed by atoms with E-state index >= 15 is 0 Å². The lowest BCUT2D eigenvalue weighted by atomic mass is 10.00. The molecule has 276 valence electrons. The molecule has 0 aromatic heterocycles. The van der Waals surface area contributed by atoms with E-state index in [0.29, 0.717) is 38.5 Å². The van der Waals surface area contributed by atoms with E-state index in [4.69, 9.17) is 4.74 Å². The number of carbonyl (C=O) groups excluding carboxylic acids is 6. The zero-order chi connectivity index (χ0) is 37.5. The number of hydrogen-bond acceptors (Lipinski definition) is 8. The largest absolute Gasteiger partial charge is 0.478 e. The highest BCUT2D eigenvalue weighted by molar-refractivity contribution is 5.99. The summed E-state index contributed by atoms with van der Waals surface area (Å²) in [4.78, 5) is 90.3. The molecular weight excluding hydrogens is 658 g/mol. The zero-order valence-corrected chi connectivity index (χ0v) is 29.6. The predicted molar refractivity (Wildman–Crippen MR) is 187 cm³/mol. The van der Waals surface area contributed by atoms with Crippen LogP contribution >= 0.6 is 0 Å². The third-order valence-electron chi connectivity index (χ3n) is 8.66. The van der Waals surface area contributed by atoms with Gasteiger partial charge in [-0.1, -0.05) is 58.0 Å². The maximum absolute atomic E-state index is 13.9. The first-order valence-electron chi connectivity index (χ1n) is 17.3. The number of amides is 5. The van der Waals surface area contributed by atoms with Gasteiger partial charge in [-0.25, -0.2) is 9.59 Å². The second kappa shape index (κ2) is 19.8. The van der Waals surface area contributed by atoms with E-state index in [1.54, 1.807) is 27.7 Å². The Balaban J connectivity index is 1.67. The molecule has 1 heterocycles. The molecule has 0 radical (unpaired) electrons. The van der Waals surface area contributed by atoms with Crippen LogP contribution in [0.1, 0.15) is 86.1 Å². The summed E-state index contributed by atoms with van der Waals surface area (Å²) in [6.07, 6.45) is 2.06. The molecule has 2 aromatic carbocycles. The standard InChI is InChI=1S/C37H49N5O9/c1-23(2)29(21-43)40-34(46)30-14-10-20-42(30)35(47)31(24(3)4)41-33(45)28(39-32(44)26-15-17-27(18-16-26)36(48)49)13-8-9-19-38-37(50)51-22-25-11-6-5-7-12-25/h5-7,11-12,15-18,21,23-24,28-31H,8-10,13-14,19-20,22H2,1-4H3,(H,38,50)(H,39,44)(H,40,46)(H,41,45)(H,48,49)/t28-,29+,30-,31-/m0/s1. The second-order valence-electron chi connectivity index (χ2n) is 13.2. The molecule has 0 saturated carbocycles. The van der Waals surface area contributed by atoms with Crippen LogP contribution in [0.5, 0.6) is 0 Å². The molecule has 1 aliphatic rings. The van der Waals surface area contributed by atoms with Gasteiger partial charge in [0.05, 0.1) is 11.6 Å². The van der Waals surface area contributed by atoms with Gasteiger partial charge in [-0.05, 0) is 73.8 Å². The van der Waals surface area contributed by atoms with Crippen LogP contribution in [0.3, 0.4) is 0 Å². The molecule has 14 nitrogen and oxygen atoms in total. The molecule has 51 heavy (non-hydrogen) atoms. The number of aromatic carboxylic acids is 1. The van der Waals surface area contributed by atoms with Crippen molar-refractivity contribution in [3.63, 3.8) is 0 Å². The maximum Gasteiger partial charge on any atom is 0.407 e. The van der Waals surface area contributed by atoms with Gasteiger partial charge in [0.1, 0.15) is 31.0 Å². The zero-order valence-electron chi connectivity index (χ0n) is 29.6. The molecule has 1 fully saturated rings. The van der Waals surface area contributed by atoms with Crippen LogP contribution in [0.15, 0.2) is 54.6 Å². The molecule has 0 bridgehead atoms. The number of benzene rings is 2. The molecule has 5 N–H and O–H groups in total. The van der Waals surface area contributed by atoms with Crippen LogP contribution in [0, 0.1) is 11.8 Å². The Hall–Kier alpha value is -5.27. The number of nitrogens with one attached hydrogen (secondary N) is 4. The van der Waals surface area contributed by atoms with Crippen molar-refractivity contribution in [3.05, 3.63) is 71.3 Å². The Morgan fingerprint density at radius 3 is 2.16 bits per heavy atom. The average molecular weight is 708 g/mol. The fourth-order valence-electron chi connectivity index (χ4n) is 5.58. The predicted octanol–water partition coefficient (Wildman–Crippen LogP) is 3.05. The lowest BCUT2D eigenvalue weighted by molar-refractivity contribution is -0.143. The minimum atomic E-state index is -1.15. The maximum atomic E-state index is 13.9. The van der Waals surface area contributed by atoms with E-state index in [9.17, 15) is 38.7 Å². The number of ether oxygens (including phenoxy) is 1.